The normalized spacial score (nSPS) is 24.5. The number of carbonyl (C=O) groups is 1. The molecule has 0 spiro atoms. The van der Waals surface area contributed by atoms with E-state index in [2.05, 4.69) is 51.1 Å². The number of halogens is 1. The Kier molecular flexibility index (Phi) is 11.0. The van der Waals surface area contributed by atoms with E-state index in [-0.39, 0.29) is 42.1 Å². The molecule has 4 atom stereocenters. The van der Waals surface area contributed by atoms with Crippen molar-refractivity contribution < 1.29 is 36.2 Å². The molecule has 3 heterocycles. The summed E-state index contributed by atoms with van der Waals surface area (Å²) in [4.78, 5) is 39.3. The summed E-state index contributed by atoms with van der Waals surface area (Å²) in [5.41, 5.74) is 2.40. The van der Waals surface area contributed by atoms with Crippen LogP contribution in [0.5, 0.6) is 0 Å². The van der Waals surface area contributed by atoms with Gasteiger partial charge in [-0.1, -0.05) is 38.6 Å². The molecule has 0 aliphatic carbocycles. The zero-order valence-electron chi connectivity index (χ0n) is 20.0. The van der Waals surface area contributed by atoms with Gasteiger partial charge in [0.1, 0.15) is 6.29 Å². The number of amides is 1. The number of unbranched alkanes of at least 4 members (excludes halogenated alkanes) is 3. The van der Waals surface area contributed by atoms with Crippen LogP contribution in [0, 0.1) is 9.49 Å². The molecule has 8 nitrogen and oxygen atoms in total. The second-order valence-corrected chi connectivity index (χ2v) is 10.5. The first-order valence-electron chi connectivity index (χ1n) is 12.3. The minimum atomic E-state index is -0.730. The monoisotopic (exact) mass is 635 g/mol. The fraction of sp³-hybridized carbons (Fsp3) is 0.640. The quantitative estimate of drug-likeness (QED) is 0.158. The van der Waals surface area contributed by atoms with Crippen molar-refractivity contribution in [3.05, 3.63) is 26.8 Å². The molecule has 3 aliphatic heterocycles. The topological polar surface area (TPSA) is 91.0 Å². The molecule has 10 heteroatoms. The van der Waals surface area contributed by atoms with Gasteiger partial charge in [0, 0.05) is 46.4 Å². The second kappa shape index (κ2) is 13.5. The van der Waals surface area contributed by atoms with Crippen molar-refractivity contribution in [3.63, 3.8) is 0 Å². The summed E-state index contributed by atoms with van der Waals surface area (Å²) in [6.07, 6.45) is 8.87. The van der Waals surface area contributed by atoms with Crippen LogP contribution >= 0.6 is 22.6 Å². The van der Waals surface area contributed by atoms with E-state index in [4.69, 9.17) is 4.74 Å². The molecule has 1 radical (unpaired) electrons. The average Bonchev–Trinajstić information content (AvgIpc) is 3.44. The van der Waals surface area contributed by atoms with Gasteiger partial charge in [-0.2, -0.15) is 6.42 Å². The zero-order chi connectivity index (χ0) is 24.1. The van der Waals surface area contributed by atoms with E-state index in [0.717, 1.165) is 47.5 Å². The van der Waals surface area contributed by atoms with E-state index in [1.165, 1.54) is 24.2 Å². The van der Waals surface area contributed by atoms with Crippen LogP contribution in [0.25, 0.3) is 0 Å². The van der Waals surface area contributed by atoms with Crippen LogP contribution < -0.4 is 10.6 Å². The summed E-state index contributed by atoms with van der Waals surface area (Å²) in [6, 6.07) is 3.61. The van der Waals surface area contributed by atoms with Crippen LogP contribution in [-0.2, 0) is 37.9 Å². The summed E-state index contributed by atoms with van der Waals surface area (Å²) in [5.74, 6) is 0.313. The standard InChI is InChI=1S/C25H33IN4O4.Mn/c1-2-3-4-5-8-29-23-16-34-15-17(23)12-27-25(29)28-18-10-20-21(22(26)11-18)13-30(24(20)33)19(14-32)7-6-9-31;/h10-11,17,19,23,25,27-28H,2-8,12-13,15-16H2,1H3;/q-2;+2. The maximum absolute atomic E-state index is 13.1. The molecule has 4 rings (SSSR count). The summed E-state index contributed by atoms with van der Waals surface area (Å²) in [7, 11) is 0. The van der Waals surface area contributed by atoms with Gasteiger partial charge in [0.15, 0.2) is 0 Å². The molecule has 2 fully saturated rings. The number of nitrogens with one attached hydrogen (secondary N) is 2. The molecule has 35 heavy (non-hydrogen) atoms. The number of ether oxygens (including phenoxy) is 1. The molecule has 4 unspecified atom stereocenters. The van der Waals surface area contributed by atoms with E-state index < -0.39 is 6.04 Å². The van der Waals surface area contributed by atoms with Crippen molar-refractivity contribution in [1.82, 2.24) is 15.1 Å². The smallest absolute Gasteiger partial charge is 0.542 e. The van der Waals surface area contributed by atoms with Crippen molar-refractivity contribution in [2.45, 2.75) is 70.4 Å². The molecule has 0 saturated carbocycles. The van der Waals surface area contributed by atoms with Gasteiger partial charge in [0.2, 0.25) is 0 Å². The largest absolute Gasteiger partial charge is 2.00 e. The third-order valence-corrected chi connectivity index (χ3v) is 8.08. The Morgan fingerprint density at radius 2 is 2.09 bits per heavy atom. The number of hydrogen-bond acceptors (Lipinski definition) is 7. The van der Waals surface area contributed by atoms with Gasteiger partial charge in [-0.15, -0.1) is 0 Å². The first-order valence-corrected chi connectivity index (χ1v) is 13.3. The fourth-order valence-electron chi connectivity index (χ4n) is 5.22. The summed E-state index contributed by atoms with van der Waals surface area (Å²) in [6.45, 7) is 6.03. The molecule has 1 aromatic carbocycles. The molecular weight excluding hydrogens is 602 g/mol. The van der Waals surface area contributed by atoms with Gasteiger partial charge in [-0.05, 0) is 46.7 Å². The van der Waals surface area contributed by atoms with Crippen LogP contribution in [-0.4, -0.2) is 73.0 Å². The Morgan fingerprint density at radius 3 is 2.83 bits per heavy atom. The number of carbonyl (C=O) groups excluding carboxylic acids is 3. The van der Waals surface area contributed by atoms with Crippen molar-refractivity contribution in [2.75, 3.05) is 31.6 Å². The van der Waals surface area contributed by atoms with Gasteiger partial charge in [0.25, 0.3) is 5.91 Å². The van der Waals surface area contributed by atoms with Gasteiger partial charge in [-0.3, -0.25) is 21.3 Å². The Labute approximate surface area is 231 Å². The Bertz CT molecular complexity index is 904. The molecular formula is C25H33IMnN4O4. The predicted molar refractivity (Wildman–Crippen MR) is 138 cm³/mol. The van der Waals surface area contributed by atoms with Crippen LogP contribution in [0.15, 0.2) is 12.1 Å². The van der Waals surface area contributed by atoms with Gasteiger partial charge < -0.3 is 24.5 Å². The third-order valence-electron chi connectivity index (χ3n) is 7.12. The first kappa shape index (κ1) is 28.5. The molecule has 1 amide bonds. The average molecular weight is 635 g/mol. The minimum Gasteiger partial charge on any atom is -0.542 e. The maximum Gasteiger partial charge on any atom is 2.00 e. The van der Waals surface area contributed by atoms with E-state index >= 15 is 0 Å². The third kappa shape index (κ3) is 6.45. The van der Waals surface area contributed by atoms with E-state index in [1.54, 1.807) is 6.29 Å². The SMILES string of the molecule is CCCCCCN1C(Nc2cc(I)c3c(c2)C(=O)N(C([C-]=O)CC[C-]=O)C3)NCC2COCC21.[Mn+2]. The maximum atomic E-state index is 13.1. The molecule has 2 N–H and O–H groups in total. The van der Waals surface area contributed by atoms with E-state index in [0.29, 0.717) is 24.1 Å². The summed E-state index contributed by atoms with van der Waals surface area (Å²) >= 11 is 2.26. The van der Waals surface area contributed by atoms with Crippen molar-refractivity contribution in [3.8, 4) is 0 Å². The molecule has 191 valence electrons. The molecule has 2 saturated heterocycles. The molecule has 3 aliphatic rings. The Morgan fingerprint density at radius 1 is 1.26 bits per heavy atom. The van der Waals surface area contributed by atoms with Crippen LogP contribution in [0.2, 0.25) is 0 Å². The minimum absolute atomic E-state index is 0. The van der Waals surface area contributed by atoms with Crippen LogP contribution in [0.1, 0.15) is 61.4 Å². The first-order chi connectivity index (χ1) is 16.6. The van der Waals surface area contributed by atoms with Crippen LogP contribution in [0.4, 0.5) is 5.69 Å². The number of nitrogens with zero attached hydrogens (tertiary/aromatic N) is 2. The molecule has 0 bridgehead atoms. The Hall–Kier alpha value is -1.04. The number of rotatable bonds is 12. The molecule has 1 aromatic rings. The van der Waals surface area contributed by atoms with Gasteiger partial charge in [0.05, 0.1) is 13.2 Å². The molecule has 0 aromatic heterocycles. The number of hydrogen-bond donors (Lipinski definition) is 2. The number of benzene rings is 1. The van der Waals surface area contributed by atoms with Crippen molar-refractivity contribution >= 4 is 46.8 Å². The number of anilines is 1. The summed E-state index contributed by atoms with van der Waals surface area (Å²) < 4.78 is 6.78. The van der Waals surface area contributed by atoms with Crippen molar-refractivity contribution in [2.24, 2.45) is 5.92 Å². The number of fused-ring (bicyclic) bond motifs is 2. The van der Waals surface area contributed by atoms with Crippen molar-refractivity contribution in [1.29, 1.82) is 0 Å². The summed E-state index contributed by atoms with van der Waals surface area (Å²) in [5, 5.41) is 7.26. The predicted octanol–water partition coefficient (Wildman–Crippen LogP) is 2.81. The van der Waals surface area contributed by atoms with Gasteiger partial charge in [-0.25, -0.2) is 6.29 Å². The fourth-order valence-corrected chi connectivity index (χ4v) is 6.02. The van der Waals surface area contributed by atoms with E-state index in [1.807, 2.05) is 12.4 Å². The van der Waals surface area contributed by atoms with E-state index in [9.17, 15) is 14.4 Å². The second-order valence-electron chi connectivity index (χ2n) is 9.35. The Balaban J connectivity index is 0.00000342. The van der Waals surface area contributed by atoms with Gasteiger partial charge >= 0.3 is 17.1 Å². The van der Waals surface area contributed by atoms with Crippen LogP contribution in [0.3, 0.4) is 0 Å². The zero-order valence-corrected chi connectivity index (χ0v) is 23.4.